The van der Waals surface area contributed by atoms with Gasteiger partial charge in [0.2, 0.25) is 0 Å². The Hall–Kier alpha value is 0.110. The number of hydrogen-bond acceptors (Lipinski definition) is 2. The molecule has 0 heterocycles. The summed E-state index contributed by atoms with van der Waals surface area (Å²) < 4.78 is 0. The molecule has 3 unspecified atom stereocenters. The second-order valence-corrected chi connectivity index (χ2v) is 7.47. The first-order valence-electron chi connectivity index (χ1n) is 7.37. The molecule has 4 heteroatoms. The average molecular weight is 332 g/mol. The Morgan fingerprint density at radius 2 is 2.10 bits per heavy atom. The van der Waals surface area contributed by atoms with Crippen LogP contribution in [0.15, 0.2) is 18.2 Å². The van der Waals surface area contributed by atoms with E-state index in [2.05, 4.69) is 24.6 Å². The van der Waals surface area contributed by atoms with Gasteiger partial charge < -0.3 is 5.32 Å². The third kappa shape index (κ3) is 4.30. The minimum absolute atomic E-state index is 0.371. The molecule has 0 saturated heterocycles. The van der Waals surface area contributed by atoms with Crippen LogP contribution in [0.25, 0.3) is 0 Å². The van der Waals surface area contributed by atoms with E-state index in [1.54, 1.807) is 0 Å². The van der Waals surface area contributed by atoms with Crippen LogP contribution in [0.3, 0.4) is 0 Å². The van der Waals surface area contributed by atoms with Gasteiger partial charge in [-0.3, -0.25) is 0 Å². The van der Waals surface area contributed by atoms with Crippen molar-refractivity contribution in [2.45, 2.75) is 56.4 Å². The van der Waals surface area contributed by atoms with E-state index in [9.17, 15) is 0 Å². The molecule has 1 nitrogen and oxygen atoms in total. The van der Waals surface area contributed by atoms with Crippen molar-refractivity contribution < 1.29 is 0 Å². The van der Waals surface area contributed by atoms with E-state index in [0.717, 1.165) is 11.7 Å². The van der Waals surface area contributed by atoms with Gasteiger partial charge >= 0.3 is 0 Å². The summed E-state index contributed by atoms with van der Waals surface area (Å²) in [4.78, 5) is 0. The second kappa shape index (κ2) is 7.93. The first kappa shape index (κ1) is 16.5. The molecule has 0 aliphatic heterocycles. The highest BCUT2D eigenvalue weighted by molar-refractivity contribution is 7.99. The van der Waals surface area contributed by atoms with E-state index < -0.39 is 0 Å². The molecule has 3 atom stereocenters. The Morgan fingerprint density at radius 1 is 1.30 bits per heavy atom. The molecular weight excluding hydrogens is 309 g/mol. The third-order valence-electron chi connectivity index (χ3n) is 4.15. The monoisotopic (exact) mass is 331 g/mol. The smallest absolute Gasteiger partial charge is 0.0595 e. The maximum Gasteiger partial charge on any atom is 0.0595 e. The van der Waals surface area contributed by atoms with Crippen LogP contribution >= 0.6 is 35.0 Å². The number of benzene rings is 1. The topological polar surface area (TPSA) is 12.0 Å². The molecule has 1 aliphatic rings. The summed E-state index contributed by atoms with van der Waals surface area (Å²) in [5.74, 6) is 0. The highest BCUT2D eigenvalue weighted by Gasteiger charge is 2.23. The van der Waals surface area contributed by atoms with Crippen LogP contribution in [0.4, 0.5) is 0 Å². The largest absolute Gasteiger partial charge is 0.307 e. The molecule has 2 rings (SSSR count). The van der Waals surface area contributed by atoms with Crippen molar-refractivity contribution >= 4 is 35.0 Å². The lowest BCUT2D eigenvalue weighted by Crippen LogP contribution is -2.37. The summed E-state index contributed by atoms with van der Waals surface area (Å²) in [7, 11) is 0. The van der Waals surface area contributed by atoms with Gasteiger partial charge in [-0.2, -0.15) is 11.8 Å². The fraction of sp³-hybridized carbons (Fsp3) is 0.625. The number of thioether (sulfide) groups is 1. The molecule has 1 saturated carbocycles. The fourth-order valence-corrected chi connectivity index (χ4v) is 4.11. The van der Waals surface area contributed by atoms with E-state index >= 15 is 0 Å². The van der Waals surface area contributed by atoms with Crippen LogP contribution in [-0.4, -0.2) is 17.5 Å². The number of rotatable bonds is 5. The van der Waals surface area contributed by atoms with Crippen LogP contribution in [-0.2, 0) is 0 Å². The Bertz CT molecular complexity index is 438. The first-order valence-corrected chi connectivity index (χ1v) is 9.42. The summed E-state index contributed by atoms with van der Waals surface area (Å²) in [5, 5.41) is 5.91. The minimum atomic E-state index is 0.371. The maximum absolute atomic E-state index is 6.14. The lowest BCUT2D eigenvalue weighted by molar-refractivity contribution is 0.340. The van der Waals surface area contributed by atoms with Gasteiger partial charge in [-0.15, -0.1) is 0 Å². The Kier molecular flexibility index (Phi) is 6.54. The van der Waals surface area contributed by atoms with Crippen LogP contribution in [0.2, 0.25) is 10.0 Å². The quantitative estimate of drug-likeness (QED) is 0.741. The SMILES string of the molecule is CCC(NC1CCCC(SC)C1)c1ccc(Cl)c(Cl)c1. The van der Waals surface area contributed by atoms with Gasteiger partial charge in [0.1, 0.15) is 0 Å². The van der Waals surface area contributed by atoms with Crippen molar-refractivity contribution in [3.8, 4) is 0 Å². The van der Waals surface area contributed by atoms with Gasteiger partial charge in [0.25, 0.3) is 0 Å². The normalized spacial score (nSPS) is 24.6. The standard InChI is InChI=1S/C16H23Cl2NS/c1-3-16(11-7-8-14(17)15(18)9-11)19-12-5-4-6-13(10-12)20-2/h7-9,12-13,16,19H,3-6,10H2,1-2H3. The number of halogens is 2. The molecule has 0 amide bonds. The van der Waals surface area contributed by atoms with Gasteiger partial charge in [-0.1, -0.05) is 42.6 Å². The zero-order valence-electron chi connectivity index (χ0n) is 12.2. The van der Waals surface area contributed by atoms with Gasteiger partial charge in [-0.25, -0.2) is 0 Å². The van der Waals surface area contributed by atoms with Crippen molar-refractivity contribution in [3.05, 3.63) is 33.8 Å². The highest BCUT2D eigenvalue weighted by Crippen LogP contribution is 2.31. The van der Waals surface area contributed by atoms with Crippen molar-refractivity contribution in [1.82, 2.24) is 5.32 Å². The third-order valence-corrected chi connectivity index (χ3v) is 5.98. The molecule has 20 heavy (non-hydrogen) atoms. The van der Waals surface area contributed by atoms with Crippen molar-refractivity contribution in [2.24, 2.45) is 0 Å². The molecule has 1 fully saturated rings. The highest BCUT2D eigenvalue weighted by atomic mass is 35.5. The zero-order valence-corrected chi connectivity index (χ0v) is 14.5. The fourth-order valence-electron chi connectivity index (χ4n) is 2.97. The van der Waals surface area contributed by atoms with Gasteiger partial charge in [0.15, 0.2) is 0 Å². The molecule has 112 valence electrons. The van der Waals surface area contributed by atoms with Crippen LogP contribution in [0.1, 0.15) is 50.6 Å². The first-order chi connectivity index (χ1) is 9.63. The second-order valence-electron chi connectivity index (χ2n) is 5.52. The van der Waals surface area contributed by atoms with Crippen molar-refractivity contribution in [3.63, 3.8) is 0 Å². The molecule has 1 aliphatic carbocycles. The lowest BCUT2D eigenvalue weighted by Gasteiger charge is -2.32. The lowest BCUT2D eigenvalue weighted by atomic mass is 9.93. The van der Waals surface area contributed by atoms with E-state index in [1.165, 1.54) is 31.2 Å². The molecule has 0 aromatic heterocycles. The summed E-state index contributed by atoms with van der Waals surface area (Å²) in [6, 6.07) is 6.98. The zero-order chi connectivity index (χ0) is 14.5. The van der Waals surface area contributed by atoms with Crippen molar-refractivity contribution in [1.29, 1.82) is 0 Å². The Balaban J connectivity index is 2.02. The van der Waals surface area contributed by atoms with E-state index in [-0.39, 0.29) is 0 Å². The molecule has 0 radical (unpaired) electrons. The van der Waals surface area contributed by atoms with Crippen molar-refractivity contribution in [2.75, 3.05) is 6.26 Å². The molecule has 1 aromatic carbocycles. The van der Waals surface area contributed by atoms with Crippen LogP contribution in [0.5, 0.6) is 0 Å². The van der Waals surface area contributed by atoms with E-state index in [1.807, 2.05) is 23.9 Å². The molecule has 1 aromatic rings. The van der Waals surface area contributed by atoms with Crippen LogP contribution in [0, 0.1) is 0 Å². The molecule has 1 N–H and O–H groups in total. The summed E-state index contributed by atoms with van der Waals surface area (Å²) >= 11 is 14.1. The summed E-state index contributed by atoms with van der Waals surface area (Å²) in [6.45, 7) is 2.22. The number of nitrogens with one attached hydrogen (secondary N) is 1. The molecule has 0 spiro atoms. The predicted octanol–water partition coefficient (Wildman–Crippen LogP) is 5.71. The Morgan fingerprint density at radius 3 is 2.75 bits per heavy atom. The van der Waals surface area contributed by atoms with Gasteiger partial charge in [0.05, 0.1) is 10.0 Å². The van der Waals surface area contributed by atoms with E-state index in [0.29, 0.717) is 22.1 Å². The van der Waals surface area contributed by atoms with E-state index in [4.69, 9.17) is 23.2 Å². The van der Waals surface area contributed by atoms with Crippen LogP contribution < -0.4 is 5.32 Å². The van der Waals surface area contributed by atoms with Gasteiger partial charge in [0, 0.05) is 17.3 Å². The summed E-state index contributed by atoms with van der Waals surface area (Å²) in [5.41, 5.74) is 1.24. The number of hydrogen-bond donors (Lipinski definition) is 1. The molecule has 0 bridgehead atoms. The van der Waals surface area contributed by atoms with Gasteiger partial charge in [-0.05, 0) is 49.6 Å². The maximum atomic E-state index is 6.14. The molecular formula is C16H23Cl2NS. The Labute approximate surface area is 136 Å². The average Bonchev–Trinajstić information content (AvgIpc) is 2.48. The minimum Gasteiger partial charge on any atom is -0.307 e. The summed E-state index contributed by atoms with van der Waals surface area (Å²) in [6.07, 6.45) is 8.56. The predicted molar refractivity (Wildman–Crippen MR) is 92.2 cm³/mol.